The Hall–Kier alpha value is -2.59. The third kappa shape index (κ3) is 8.03. The normalized spacial score (nSPS) is 12.8. The minimum absolute atomic E-state index is 0.153. The predicted octanol–water partition coefficient (Wildman–Crippen LogP) is 2.50. The van der Waals surface area contributed by atoms with Gasteiger partial charge in [0.05, 0.1) is 23.8 Å². The van der Waals surface area contributed by atoms with Gasteiger partial charge in [-0.1, -0.05) is 12.1 Å². The number of amides is 1. The van der Waals surface area contributed by atoms with Crippen molar-refractivity contribution >= 4 is 31.5 Å². The standard InChI is InChI=1S/C20H26N2O6S2/c1-15(16-6-4-7-17(14-16)22-30(3,26)27)21-20(23)8-5-13-28-18-9-11-19(12-10-18)29(2,24)25/h4,6-7,9-12,14-15,22H,5,8,13H2,1-3H3,(H,21,23). The average molecular weight is 455 g/mol. The van der Waals surface area contributed by atoms with Crippen LogP contribution in [0.25, 0.3) is 0 Å². The molecule has 2 rings (SSSR count). The lowest BCUT2D eigenvalue weighted by Crippen LogP contribution is -2.26. The van der Waals surface area contributed by atoms with E-state index in [2.05, 4.69) is 10.0 Å². The fourth-order valence-electron chi connectivity index (χ4n) is 2.69. The number of anilines is 1. The van der Waals surface area contributed by atoms with Crippen molar-refractivity contribution in [2.24, 2.45) is 0 Å². The predicted molar refractivity (Wildman–Crippen MR) is 116 cm³/mol. The molecule has 0 saturated heterocycles. The molecule has 0 aromatic heterocycles. The molecule has 0 spiro atoms. The SMILES string of the molecule is CC(NC(=O)CCCOc1ccc(S(C)(=O)=O)cc1)c1cccc(NS(C)(=O)=O)c1. The van der Waals surface area contributed by atoms with Crippen LogP contribution in [0.15, 0.2) is 53.4 Å². The first-order valence-electron chi connectivity index (χ1n) is 9.24. The highest BCUT2D eigenvalue weighted by molar-refractivity contribution is 7.92. The number of sulfonamides is 1. The van der Waals surface area contributed by atoms with Gasteiger partial charge in [-0.3, -0.25) is 9.52 Å². The lowest BCUT2D eigenvalue weighted by Gasteiger charge is -2.16. The van der Waals surface area contributed by atoms with E-state index in [1.807, 2.05) is 13.0 Å². The molecule has 0 heterocycles. The first-order chi connectivity index (χ1) is 13.9. The van der Waals surface area contributed by atoms with Gasteiger partial charge in [-0.2, -0.15) is 0 Å². The van der Waals surface area contributed by atoms with Gasteiger partial charge in [0, 0.05) is 18.4 Å². The molecule has 164 valence electrons. The van der Waals surface area contributed by atoms with E-state index < -0.39 is 19.9 Å². The van der Waals surface area contributed by atoms with E-state index in [-0.39, 0.29) is 23.3 Å². The number of rotatable bonds is 10. The molecule has 1 unspecified atom stereocenters. The molecule has 2 N–H and O–H groups in total. The molecule has 10 heteroatoms. The number of sulfone groups is 1. The lowest BCUT2D eigenvalue weighted by atomic mass is 10.1. The van der Waals surface area contributed by atoms with Crippen LogP contribution >= 0.6 is 0 Å². The molecule has 8 nitrogen and oxygen atoms in total. The smallest absolute Gasteiger partial charge is 0.229 e. The maximum atomic E-state index is 12.2. The molecule has 0 bridgehead atoms. The second-order valence-electron chi connectivity index (χ2n) is 6.98. The molecular formula is C20H26N2O6S2. The third-order valence-corrected chi connectivity index (χ3v) is 5.87. The quantitative estimate of drug-likeness (QED) is 0.533. The summed E-state index contributed by atoms with van der Waals surface area (Å²) in [5.41, 5.74) is 1.21. The van der Waals surface area contributed by atoms with Gasteiger partial charge in [0.1, 0.15) is 5.75 Å². The van der Waals surface area contributed by atoms with Crippen LogP contribution in [-0.4, -0.2) is 41.9 Å². The van der Waals surface area contributed by atoms with Crippen molar-refractivity contribution in [3.05, 3.63) is 54.1 Å². The monoisotopic (exact) mass is 454 g/mol. The van der Waals surface area contributed by atoms with Gasteiger partial charge < -0.3 is 10.1 Å². The van der Waals surface area contributed by atoms with E-state index >= 15 is 0 Å². The van der Waals surface area contributed by atoms with Crippen LogP contribution in [0, 0.1) is 0 Å². The Morgan fingerprint density at radius 2 is 1.70 bits per heavy atom. The van der Waals surface area contributed by atoms with Gasteiger partial charge >= 0.3 is 0 Å². The topological polar surface area (TPSA) is 119 Å². The maximum Gasteiger partial charge on any atom is 0.229 e. The van der Waals surface area contributed by atoms with Gasteiger partial charge in [-0.05, 0) is 55.3 Å². The molecular weight excluding hydrogens is 428 g/mol. The van der Waals surface area contributed by atoms with Crippen LogP contribution in [0.3, 0.4) is 0 Å². The summed E-state index contributed by atoms with van der Waals surface area (Å²) in [5, 5.41) is 2.87. The van der Waals surface area contributed by atoms with E-state index in [1.54, 1.807) is 30.3 Å². The number of carbonyl (C=O) groups excluding carboxylic acids is 1. The Bertz CT molecular complexity index is 1080. The van der Waals surface area contributed by atoms with Crippen LogP contribution in [0.2, 0.25) is 0 Å². The molecule has 2 aromatic carbocycles. The summed E-state index contributed by atoms with van der Waals surface area (Å²) < 4.78 is 53.5. The fraction of sp³-hybridized carbons (Fsp3) is 0.350. The van der Waals surface area contributed by atoms with Gasteiger partial charge in [0.15, 0.2) is 9.84 Å². The van der Waals surface area contributed by atoms with E-state index in [4.69, 9.17) is 4.74 Å². The van der Waals surface area contributed by atoms with E-state index in [0.717, 1.165) is 18.1 Å². The second kappa shape index (κ2) is 9.94. The van der Waals surface area contributed by atoms with Crippen LogP contribution in [-0.2, 0) is 24.7 Å². The van der Waals surface area contributed by atoms with Crippen LogP contribution in [0.5, 0.6) is 5.75 Å². The minimum Gasteiger partial charge on any atom is -0.494 e. The van der Waals surface area contributed by atoms with Crippen LogP contribution in [0.4, 0.5) is 5.69 Å². The van der Waals surface area contributed by atoms with Crippen molar-refractivity contribution < 1.29 is 26.4 Å². The Morgan fingerprint density at radius 1 is 1.03 bits per heavy atom. The molecule has 30 heavy (non-hydrogen) atoms. The van der Waals surface area contributed by atoms with Gasteiger partial charge in [-0.15, -0.1) is 0 Å². The van der Waals surface area contributed by atoms with E-state index in [1.165, 1.54) is 12.1 Å². The summed E-state index contributed by atoms with van der Waals surface area (Å²) in [6, 6.07) is 12.7. The Morgan fingerprint density at radius 3 is 2.30 bits per heavy atom. The highest BCUT2D eigenvalue weighted by Gasteiger charge is 2.11. The number of nitrogens with one attached hydrogen (secondary N) is 2. The molecule has 0 saturated carbocycles. The zero-order chi connectivity index (χ0) is 22.4. The van der Waals surface area contributed by atoms with Crippen molar-refractivity contribution in [1.29, 1.82) is 0 Å². The number of benzene rings is 2. The summed E-state index contributed by atoms with van der Waals surface area (Å²) >= 11 is 0. The first kappa shape index (κ1) is 23.7. The highest BCUT2D eigenvalue weighted by Crippen LogP contribution is 2.19. The molecule has 0 aliphatic heterocycles. The summed E-state index contributed by atoms with van der Waals surface area (Å²) in [7, 11) is -6.62. The molecule has 0 radical (unpaired) electrons. The summed E-state index contributed by atoms with van der Waals surface area (Å²) in [4.78, 5) is 12.4. The third-order valence-electron chi connectivity index (χ3n) is 4.14. The Kier molecular flexibility index (Phi) is 7.85. The average Bonchev–Trinajstić information content (AvgIpc) is 2.64. The summed E-state index contributed by atoms with van der Waals surface area (Å²) in [6.45, 7) is 2.13. The Labute approximate surface area is 177 Å². The number of carbonyl (C=O) groups is 1. The van der Waals surface area contributed by atoms with Crippen LogP contribution < -0.4 is 14.8 Å². The fourth-order valence-corrected chi connectivity index (χ4v) is 3.87. The van der Waals surface area contributed by atoms with E-state index in [9.17, 15) is 21.6 Å². The molecule has 1 amide bonds. The molecule has 0 aliphatic carbocycles. The van der Waals surface area contributed by atoms with Gasteiger partial charge in [0.2, 0.25) is 15.9 Å². The zero-order valence-corrected chi connectivity index (χ0v) is 18.7. The van der Waals surface area contributed by atoms with Gasteiger partial charge in [-0.25, -0.2) is 16.8 Å². The molecule has 1 atom stereocenters. The van der Waals surface area contributed by atoms with Crippen molar-refractivity contribution in [3.63, 3.8) is 0 Å². The lowest BCUT2D eigenvalue weighted by molar-refractivity contribution is -0.121. The maximum absolute atomic E-state index is 12.2. The first-order valence-corrected chi connectivity index (χ1v) is 13.0. The number of hydrogen-bond acceptors (Lipinski definition) is 6. The van der Waals surface area contributed by atoms with Crippen molar-refractivity contribution in [2.45, 2.75) is 30.7 Å². The number of hydrogen-bond donors (Lipinski definition) is 2. The van der Waals surface area contributed by atoms with Gasteiger partial charge in [0.25, 0.3) is 0 Å². The molecule has 0 fully saturated rings. The van der Waals surface area contributed by atoms with Crippen LogP contribution in [0.1, 0.15) is 31.4 Å². The minimum atomic E-state index is -3.37. The zero-order valence-electron chi connectivity index (χ0n) is 17.1. The largest absolute Gasteiger partial charge is 0.494 e. The summed E-state index contributed by atoms with van der Waals surface area (Å²) in [5.74, 6) is 0.381. The van der Waals surface area contributed by atoms with Crippen molar-refractivity contribution in [3.8, 4) is 5.75 Å². The number of ether oxygens (including phenoxy) is 1. The second-order valence-corrected chi connectivity index (χ2v) is 10.7. The summed E-state index contributed by atoms with van der Waals surface area (Å²) in [6.07, 6.45) is 2.96. The molecule has 2 aromatic rings. The van der Waals surface area contributed by atoms with Crippen molar-refractivity contribution in [1.82, 2.24) is 5.32 Å². The highest BCUT2D eigenvalue weighted by atomic mass is 32.2. The van der Waals surface area contributed by atoms with E-state index in [0.29, 0.717) is 24.5 Å². The van der Waals surface area contributed by atoms with Crippen molar-refractivity contribution in [2.75, 3.05) is 23.8 Å². The Balaban J connectivity index is 1.78. The molecule has 0 aliphatic rings.